The van der Waals surface area contributed by atoms with E-state index in [1.54, 1.807) is 24.3 Å². The highest BCUT2D eigenvalue weighted by molar-refractivity contribution is 7.89. The maximum atomic E-state index is 12.5. The maximum absolute atomic E-state index is 12.5. The summed E-state index contributed by atoms with van der Waals surface area (Å²) in [5.74, 6) is 0. The van der Waals surface area contributed by atoms with E-state index in [2.05, 4.69) is 6.08 Å². The fraction of sp³-hybridized carbons (Fsp3) is 0.385. The molecule has 0 saturated heterocycles. The minimum absolute atomic E-state index is 0.210. The van der Waals surface area contributed by atoms with Gasteiger partial charge in [0.1, 0.15) is 0 Å². The van der Waals surface area contributed by atoms with Gasteiger partial charge in [-0.3, -0.25) is 0 Å². The van der Waals surface area contributed by atoms with Crippen LogP contribution in [0.15, 0.2) is 40.8 Å². The van der Waals surface area contributed by atoms with E-state index < -0.39 is 10.0 Å². The lowest BCUT2D eigenvalue weighted by molar-refractivity contribution is 0.278. The number of nitrogens with zero attached hydrogens (tertiary/aromatic N) is 1. The second-order valence-electron chi connectivity index (χ2n) is 4.44. The Balaban J connectivity index is 2.39. The van der Waals surface area contributed by atoms with Crippen molar-refractivity contribution in [3.05, 3.63) is 41.5 Å². The van der Waals surface area contributed by atoms with Crippen molar-refractivity contribution in [2.75, 3.05) is 13.1 Å². The van der Waals surface area contributed by atoms with Crippen molar-refractivity contribution in [2.45, 2.75) is 24.8 Å². The van der Waals surface area contributed by atoms with Crippen LogP contribution in [0.25, 0.3) is 0 Å². The van der Waals surface area contributed by atoms with E-state index in [0.717, 1.165) is 12.0 Å². The first-order valence-electron chi connectivity index (χ1n) is 5.90. The van der Waals surface area contributed by atoms with Gasteiger partial charge in [-0.2, -0.15) is 4.31 Å². The Labute approximate surface area is 108 Å². The molecule has 0 radical (unpaired) electrons. The molecule has 5 heteroatoms. The molecular weight excluding hydrogens is 250 g/mol. The van der Waals surface area contributed by atoms with Crippen LogP contribution in [-0.4, -0.2) is 30.9 Å². The number of aliphatic hydroxyl groups is 1. The maximum Gasteiger partial charge on any atom is 0.243 e. The van der Waals surface area contributed by atoms with Crippen LogP contribution < -0.4 is 0 Å². The van der Waals surface area contributed by atoms with Crippen LogP contribution in [0.3, 0.4) is 0 Å². The summed E-state index contributed by atoms with van der Waals surface area (Å²) in [5.41, 5.74) is 1.51. The lowest BCUT2D eigenvalue weighted by Crippen LogP contribution is -2.35. The summed E-state index contributed by atoms with van der Waals surface area (Å²) in [7, 11) is -3.51. The zero-order valence-electron chi connectivity index (χ0n) is 10.3. The molecule has 1 N–H and O–H groups in total. The van der Waals surface area contributed by atoms with Gasteiger partial charge in [0.15, 0.2) is 0 Å². The minimum Gasteiger partial charge on any atom is -0.392 e. The first-order chi connectivity index (χ1) is 8.55. The summed E-state index contributed by atoms with van der Waals surface area (Å²) in [6, 6.07) is 6.60. The molecule has 0 spiro atoms. The highest BCUT2D eigenvalue weighted by Crippen LogP contribution is 2.23. The monoisotopic (exact) mass is 267 g/mol. The standard InChI is InChI=1S/C13H17NO3S/c1-11-5-4-8-14(9-11)18(16,17)13-7-3-2-6-12(13)10-15/h2-3,5-7,15H,4,8-10H2,1H3. The molecule has 1 aliphatic heterocycles. The van der Waals surface area contributed by atoms with Gasteiger partial charge in [0, 0.05) is 13.1 Å². The predicted octanol–water partition coefficient (Wildman–Crippen LogP) is 1.52. The molecule has 1 heterocycles. The Kier molecular flexibility index (Phi) is 3.85. The van der Waals surface area contributed by atoms with E-state index >= 15 is 0 Å². The minimum atomic E-state index is -3.51. The van der Waals surface area contributed by atoms with Gasteiger partial charge in [-0.1, -0.05) is 29.8 Å². The van der Waals surface area contributed by atoms with Crippen LogP contribution in [0.2, 0.25) is 0 Å². The Bertz CT molecular complexity index is 563. The first-order valence-corrected chi connectivity index (χ1v) is 7.34. The molecule has 0 bridgehead atoms. The molecule has 0 aromatic heterocycles. The molecular formula is C13H17NO3S. The van der Waals surface area contributed by atoms with E-state index in [0.29, 0.717) is 18.7 Å². The van der Waals surface area contributed by atoms with Crippen LogP contribution in [0.4, 0.5) is 0 Å². The van der Waals surface area contributed by atoms with Crippen molar-refractivity contribution in [1.82, 2.24) is 4.31 Å². The Morgan fingerprint density at radius 3 is 2.72 bits per heavy atom. The molecule has 0 amide bonds. The summed E-state index contributed by atoms with van der Waals surface area (Å²) in [6.45, 7) is 2.60. The predicted molar refractivity (Wildman–Crippen MR) is 69.5 cm³/mol. The molecule has 0 saturated carbocycles. The molecule has 2 rings (SSSR count). The van der Waals surface area contributed by atoms with Crippen LogP contribution in [0.5, 0.6) is 0 Å². The largest absolute Gasteiger partial charge is 0.392 e. The summed E-state index contributed by atoms with van der Waals surface area (Å²) >= 11 is 0. The zero-order chi connectivity index (χ0) is 13.2. The fourth-order valence-electron chi connectivity index (χ4n) is 2.11. The average Bonchev–Trinajstić information content (AvgIpc) is 2.38. The number of sulfonamides is 1. The number of hydrogen-bond acceptors (Lipinski definition) is 3. The molecule has 1 aliphatic rings. The lowest BCUT2D eigenvalue weighted by atomic mass is 10.2. The quantitative estimate of drug-likeness (QED) is 0.845. The van der Waals surface area contributed by atoms with Crippen LogP contribution in [0.1, 0.15) is 18.9 Å². The second-order valence-corrected chi connectivity index (χ2v) is 6.35. The SMILES string of the molecule is CC1=CCCN(S(=O)(=O)c2ccccc2CO)C1. The van der Waals surface area contributed by atoms with Crippen LogP contribution >= 0.6 is 0 Å². The lowest BCUT2D eigenvalue weighted by Gasteiger charge is -2.26. The van der Waals surface area contributed by atoms with Gasteiger partial charge in [-0.15, -0.1) is 0 Å². The highest BCUT2D eigenvalue weighted by atomic mass is 32.2. The molecule has 0 fully saturated rings. The number of benzene rings is 1. The smallest absolute Gasteiger partial charge is 0.243 e. The molecule has 0 unspecified atom stereocenters. The zero-order valence-corrected chi connectivity index (χ0v) is 11.2. The van der Waals surface area contributed by atoms with Crippen molar-refractivity contribution in [1.29, 1.82) is 0 Å². The van der Waals surface area contributed by atoms with E-state index in [-0.39, 0.29) is 11.5 Å². The third kappa shape index (κ3) is 2.48. The summed E-state index contributed by atoms with van der Waals surface area (Å²) < 4.78 is 26.5. The Hall–Kier alpha value is -1.17. The molecule has 18 heavy (non-hydrogen) atoms. The summed E-state index contributed by atoms with van der Waals surface area (Å²) in [6.07, 6.45) is 2.80. The van der Waals surface area contributed by atoms with Gasteiger partial charge in [0.2, 0.25) is 10.0 Å². The Morgan fingerprint density at radius 1 is 1.33 bits per heavy atom. The van der Waals surface area contributed by atoms with Crippen molar-refractivity contribution in [2.24, 2.45) is 0 Å². The van der Waals surface area contributed by atoms with Crippen molar-refractivity contribution < 1.29 is 13.5 Å². The fourth-order valence-corrected chi connectivity index (χ4v) is 3.82. The topological polar surface area (TPSA) is 57.6 Å². The second kappa shape index (κ2) is 5.22. The van der Waals surface area contributed by atoms with Gasteiger partial charge in [0.25, 0.3) is 0 Å². The summed E-state index contributed by atoms with van der Waals surface area (Å²) in [5, 5.41) is 9.24. The molecule has 1 aromatic rings. The van der Waals surface area contributed by atoms with Gasteiger partial charge >= 0.3 is 0 Å². The van der Waals surface area contributed by atoms with Gasteiger partial charge < -0.3 is 5.11 Å². The van der Waals surface area contributed by atoms with E-state index in [1.807, 2.05) is 6.92 Å². The van der Waals surface area contributed by atoms with Gasteiger partial charge in [0.05, 0.1) is 11.5 Å². The number of hydrogen-bond donors (Lipinski definition) is 1. The van der Waals surface area contributed by atoms with Crippen LogP contribution in [-0.2, 0) is 16.6 Å². The third-order valence-electron chi connectivity index (χ3n) is 3.06. The Morgan fingerprint density at radius 2 is 2.06 bits per heavy atom. The van der Waals surface area contributed by atoms with Crippen molar-refractivity contribution in [3.63, 3.8) is 0 Å². The van der Waals surface area contributed by atoms with E-state index in [9.17, 15) is 13.5 Å². The average molecular weight is 267 g/mol. The third-order valence-corrected chi connectivity index (χ3v) is 5.00. The molecule has 0 atom stereocenters. The molecule has 0 aliphatic carbocycles. The normalized spacial score (nSPS) is 17.6. The summed E-state index contributed by atoms with van der Waals surface area (Å²) in [4.78, 5) is 0.210. The van der Waals surface area contributed by atoms with E-state index in [4.69, 9.17) is 0 Å². The first kappa shape index (κ1) is 13.3. The van der Waals surface area contributed by atoms with E-state index in [1.165, 1.54) is 4.31 Å². The van der Waals surface area contributed by atoms with Crippen LogP contribution in [0, 0.1) is 0 Å². The highest BCUT2D eigenvalue weighted by Gasteiger charge is 2.27. The number of aliphatic hydroxyl groups excluding tert-OH is 1. The van der Waals surface area contributed by atoms with Crippen molar-refractivity contribution in [3.8, 4) is 0 Å². The number of rotatable bonds is 3. The molecule has 4 nitrogen and oxygen atoms in total. The van der Waals surface area contributed by atoms with Gasteiger partial charge in [-0.05, 0) is 25.0 Å². The molecule has 1 aromatic carbocycles. The molecule has 98 valence electrons. The van der Waals surface area contributed by atoms with Gasteiger partial charge in [-0.25, -0.2) is 8.42 Å². The van der Waals surface area contributed by atoms with Crippen molar-refractivity contribution >= 4 is 10.0 Å².